The second-order valence-corrected chi connectivity index (χ2v) is 9.66. The summed E-state index contributed by atoms with van der Waals surface area (Å²) in [6.45, 7) is 6.88. The number of hydrogen-bond acceptors (Lipinski definition) is 7. The molecule has 3 heterocycles. The number of nitrogens with one attached hydrogen (secondary N) is 1. The fourth-order valence-electron chi connectivity index (χ4n) is 4.12. The zero-order chi connectivity index (χ0) is 24.5. The third-order valence-corrected chi connectivity index (χ3v) is 5.97. The lowest BCUT2D eigenvalue weighted by molar-refractivity contribution is -0.108. The van der Waals surface area contributed by atoms with E-state index in [4.69, 9.17) is 21.1 Å². The Bertz CT molecular complexity index is 1180. The molecular weight excluding hydrogens is 458 g/mol. The van der Waals surface area contributed by atoms with Gasteiger partial charge in [0.05, 0.1) is 37.0 Å². The van der Waals surface area contributed by atoms with E-state index in [2.05, 4.69) is 15.4 Å². The summed E-state index contributed by atoms with van der Waals surface area (Å²) in [6, 6.07) is 8.98. The van der Waals surface area contributed by atoms with Gasteiger partial charge in [0.25, 0.3) is 5.91 Å². The Morgan fingerprint density at radius 2 is 2.21 bits per heavy atom. The summed E-state index contributed by atoms with van der Waals surface area (Å²) in [7, 11) is 1.53. The molecule has 2 aromatic heterocycles. The van der Waals surface area contributed by atoms with E-state index in [-0.39, 0.29) is 11.9 Å². The third kappa shape index (κ3) is 5.43. The van der Waals surface area contributed by atoms with Crippen molar-refractivity contribution < 1.29 is 19.4 Å². The SMILES string of the molecule is COc1cc(C(=O)N2CC(C)(C)OCC2CC(C)O)cn2nc(NCc3cccc(Cl)c3)nc12. The van der Waals surface area contributed by atoms with Gasteiger partial charge in [0, 0.05) is 24.3 Å². The van der Waals surface area contributed by atoms with Gasteiger partial charge in [-0.1, -0.05) is 23.7 Å². The number of morpholine rings is 1. The van der Waals surface area contributed by atoms with E-state index in [1.165, 1.54) is 7.11 Å². The van der Waals surface area contributed by atoms with Crippen LogP contribution in [0.4, 0.5) is 5.95 Å². The molecule has 1 fully saturated rings. The maximum atomic E-state index is 13.6. The number of aromatic nitrogens is 3. The number of fused-ring (bicyclic) bond motifs is 1. The number of aliphatic hydroxyl groups excluding tert-OH is 1. The highest BCUT2D eigenvalue weighted by Gasteiger charge is 2.37. The van der Waals surface area contributed by atoms with Crippen LogP contribution in [0.5, 0.6) is 5.75 Å². The number of methoxy groups -OCH3 is 1. The van der Waals surface area contributed by atoms with Crippen molar-refractivity contribution in [3.05, 3.63) is 52.7 Å². The first-order valence-electron chi connectivity index (χ1n) is 11.2. The predicted molar refractivity (Wildman–Crippen MR) is 129 cm³/mol. The summed E-state index contributed by atoms with van der Waals surface area (Å²) >= 11 is 6.06. The van der Waals surface area contributed by atoms with E-state index in [1.54, 1.807) is 28.6 Å². The lowest BCUT2D eigenvalue weighted by atomic mass is 10.00. The second kappa shape index (κ2) is 9.77. The number of rotatable bonds is 7. The van der Waals surface area contributed by atoms with Gasteiger partial charge in [-0.2, -0.15) is 4.98 Å². The van der Waals surface area contributed by atoms with Crippen molar-refractivity contribution in [1.82, 2.24) is 19.5 Å². The Morgan fingerprint density at radius 1 is 1.41 bits per heavy atom. The van der Waals surface area contributed by atoms with Gasteiger partial charge in [-0.25, -0.2) is 4.52 Å². The molecule has 0 aliphatic carbocycles. The largest absolute Gasteiger partial charge is 0.493 e. The molecule has 1 aromatic carbocycles. The Morgan fingerprint density at radius 3 is 2.91 bits per heavy atom. The number of nitrogens with zero attached hydrogens (tertiary/aromatic N) is 4. The minimum atomic E-state index is -0.550. The van der Waals surface area contributed by atoms with Crippen molar-refractivity contribution in [2.45, 2.75) is 51.5 Å². The van der Waals surface area contributed by atoms with Gasteiger partial charge < -0.3 is 24.8 Å². The first-order chi connectivity index (χ1) is 16.1. The minimum Gasteiger partial charge on any atom is -0.493 e. The summed E-state index contributed by atoms with van der Waals surface area (Å²) in [6.07, 6.45) is 1.53. The Kier molecular flexibility index (Phi) is 6.97. The molecule has 3 aromatic rings. The summed E-state index contributed by atoms with van der Waals surface area (Å²) < 4.78 is 13.0. The fraction of sp³-hybridized carbons (Fsp3) is 0.458. The van der Waals surface area contributed by atoms with Crippen molar-refractivity contribution in [1.29, 1.82) is 0 Å². The van der Waals surface area contributed by atoms with Crippen LogP contribution in [-0.4, -0.2) is 68.5 Å². The molecule has 1 amide bonds. The lowest BCUT2D eigenvalue weighted by Gasteiger charge is -2.44. The molecule has 34 heavy (non-hydrogen) atoms. The molecule has 0 saturated carbocycles. The molecule has 0 spiro atoms. The zero-order valence-corrected chi connectivity index (χ0v) is 20.5. The highest BCUT2D eigenvalue weighted by molar-refractivity contribution is 6.30. The predicted octanol–water partition coefficient (Wildman–Crippen LogP) is 3.39. The molecule has 2 unspecified atom stereocenters. The fourth-order valence-corrected chi connectivity index (χ4v) is 4.33. The average molecular weight is 488 g/mol. The number of anilines is 1. The van der Waals surface area contributed by atoms with Gasteiger partial charge in [-0.15, -0.1) is 5.10 Å². The van der Waals surface area contributed by atoms with E-state index in [9.17, 15) is 9.90 Å². The van der Waals surface area contributed by atoms with Crippen LogP contribution in [0.25, 0.3) is 5.65 Å². The number of halogens is 1. The number of benzene rings is 1. The van der Waals surface area contributed by atoms with Crippen molar-refractivity contribution in [3.8, 4) is 5.75 Å². The average Bonchev–Trinajstić information content (AvgIpc) is 3.20. The molecule has 1 aliphatic rings. The van der Waals surface area contributed by atoms with E-state index in [0.29, 0.717) is 54.0 Å². The molecule has 2 atom stereocenters. The van der Waals surface area contributed by atoms with Crippen molar-refractivity contribution in [2.75, 3.05) is 25.6 Å². The maximum Gasteiger partial charge on any atom is 0.255 e. The number of carbonyl (C=O) groups excluding carboxylic acids is 1. The minimum absolute atomic E-state index is 0.175. The van der Waals surface area contributed by atoms with E-state index >= 15 is 0 Å². The number of aliphatic hydroxyl groups is 1. The van der Waals surface area contributed by atoms with Crippen LogP contribution in [0, 0.1) is 0 Å². The Balaban J connectivity index is 1.61. The normalized spacial score (nSPS) is 18.6. The smallest absolute Gasteiger partial charge is 0.255 e. The molecule has 0 radical (unpaired) electrons. The molecule has 1 aliphatic heterocycles. The number of hydrogen-bond donors (Lipinski definition) is 2. The van der Waals surface area contributed by atoms with Crippen LogP contribution in [0.2, 0.25) is 5.02 Å². The highest BCUT2D eigenvalue weighted by Crippen LogP contribution is 2.27. The maximum absolute atomic E-state index is 13.6. The molecule has 0 bridgehead atoms. The van der Waals surface area contributed by atoms with E-state index in [1.807, 2.05) is 38.1 Å². The van der Waals surface area contributed by atoms with Gasteiger partial charge in [0.1, 0.15) is 0 Å². The number of amides is 1. The van der Waals surface area contributed by atoms with Crippen molar-refractivity contribution in [2.24, 2.45) is 0 Å². The molecule has 9 nitrogen and oxygen atoms in total. The van der Waals surface area contributed by atoms with Gasteiger partial charge in [0.2, 0.25) is 5.95 Å². The summed E-state index contributed by atoms with van der Waals surface area (Å²) in [5.41, 5.74) is 1.43. The quantitative estimate of drug-likeness (QED) is 0.526. The van der Waals surface area contributed by atoms with Crippen LogP contribution < -0.4 is 10.1 Å². The summed E-state index contributed by atoms with van der Waals surface area (Å²) in [5.74, 6) is 0.669. The van der Waals surface area contributed by atoms with Crippen LogP contribution >= 0.6 is 11.6 Å². The molecule has 1 saturated heterocycles. The van der Waals surface area contributed by atoms with E-state index in [0.717, 1.165) is 5.56 Å². The third-order valence-electron chi connectivity index (χ3n) is 5.74. The summed E-state index contributed by atoms with van der Waals surface area (Å²) in [5, 5.41) is 18.3. The molecule has 10 heteroatoms. The van der Waals surface area contributed by atoms with Crippen LogP contribution in [0.1, 0.15) is 43.1 Å². The highest BCUT2D eigenvalue weighted by atomic mass is 35.5. The second-order valence-electron chi connectivity index (χ2n) is 9.23. The number of carbonyl (C=O) groups is 1. The van der Waals surface area contributed by atoms with Gasteiger partial charge in [-0.05, 0) is 51.0 Å². The van der Waals surface area contributed by atoms with Crippen LogP contribution in [0.15, 0.2) is 36.5 Å². The lowest BCUT2D eigenvalue weighted by Crippen LogP contribution is -2.56. The number of ether oxygens (including phenoxy) is 2. The Labute approximate surface area is 203 Å². The standard InChI is InChI=1S/C24H30ClN5O4/c1-15(31)8-19-13-34-24(2,3)14-29(19)22(32)17-10-20(33-4)21-27-23(28-30(21)12-17)26-11-16-6-5-7-18(25)9-16/h5-7,9-10,12,15,19,31H,8,11,13-14H2,1-4H3,(H,26,28). The van der Waals surface area contributed by atoms with Crippen LogP contribution in [-0.2, 0) is 11.3 Å². The van der Waals surface area contributed by atoms with Crippen LogP contribution in [0.3, 0.4) is 0 Å². The first-order valence-corrected chi connectivity index (χ1v) is 11.6. The van der Waals surface area contributed by atoms with Crippen molar-refractivity contribution >= 4 is 29.1 Å². The monoisotopic (exact) mass is 487 g/mol. The molecule has 2 N–H and O–H groups in total. The summed E-state index contributed by atoms with van der Waals surface area (Å²) in [4.78, 5) is 19.9. The Hall–Kier alpha value is -2.88. The van der Waals surface area contributed by atoms with E-state index < -0.39 is 11.7 Å². The molecule has 4 rings (SSSR count). The van der Waals surface area contributed by atoms with Gasteiger partial charge >= 0.3 is 0 Å². The van der Waals surface area contributed by atoms with Gasteiger partial charge in [-0.3, -0.25) is 4.79 Å². The van der Waals surface area contributed by atoms with Crippen molar-refractivity contribution in [3.63, 3.8) is 0 Å². The topological polar surface area (TPSA) is 101 Å². The zero-order valence-electron chi connectivity index (χ0n) is 19.8. The first kappa shape index (κ1) is 24.3. The number of pyridine rings is 1. The molecule has 182 valence electrons. The molecular formula is C24H30ClN5O4. The van der Waals surface area contributed by atoms with Gasteiger partial charge in [0.15, 0.2) is 11.4 Å².